The van der Waals surface area contributed by atoms with Crippen molar-refractivity contribution in [3.63, 3.8) is 0 Å². The summed E-state index contributed by atoms with van der Waals surface area (Å²) < 4.78 is 0. The van der Waals surface area contributed by atoms with Gasteiger partial charge in [0, 0.05) is 32.6 Å². The van der Waals surface area contributed by atoms with Crippen molar-refractivity contribution in [1.29, 1.82) is 0 Å². The molecular formula is C13H23N3O2. The zero-order chi connectivity index (χ0) is 13.0. The summed E-state index contributed by atoms with van der Waals surface area (Å²) in [6, 6.07) is 0. The van der Waals surface area contributed by atoms with Gasteiger partial charge in [-0.3, -0.25) is 9.59 Å². The first kappa shape index (κ1) is 13.3. The van der Waals surface area contributed by atoms with E-state index in [1.54, 1.807) is 4.90 Å². The first-order valence-electron chi connectivity index (χ1n) is 6.96. The van der Waals surface area contributed by atoms with Crippen LogP contribution in [0.2, 0.25) is 0 Å². The highest BCUT2D eigenvalue weighted by molar-refractivity contribution is 5.81. The second-order valence-electron chi connectivity index (χ2n) is 5.41. The smallest absolute Gasteiger partial charge is 0.224 e. The van der Waals surface area contributed by atoms with Gasteiger partial charge in [0.25, 0.3) is 0 Å². The standard InChI is InChI=1S/C13H23N3O2/c14-6-5-12(17)16-7-1-2-11(9-16)13(18)15-8-10-3-4-10/h10-11H,1-9,14H2,(H,15,18). The Labute approximate surface area is 108 Å². The highest BCUT2D eigenvalue weighted by atomic mass is 16.2. The molecule has 2 rings (SSSR count). The quantitative estimate of drug-likeness (QED) is 0.729. The van der Waals surface area contributed by atoms with Crippen LogP contribution in [0.15, 0.2) is 0 Å². The van der Waals surface area contributed by atoms with Crippen molar-refractivity contribution in [2.24, 2.45) is 17.6 Å². The third-order valence-electron chi connectivity index (χ3n) is 3.76. The number of rotatable bonds is 5. The van der Waals surface area contributed by atoms with Crippen LogP contribution in [0.3, 0.4) is 0 Å². The molecular weight excluding hydrogens is 230 g/mol. The molecule has 0 aromatic carbocycles. The van der Waals surface area contributed by atoms with Gasteiger partial charge < -0.3 is 16.0 Å². The summed E-state index contributed by atoms with van der Waals surface area (Å²) in [5.41, 5.74) is 5.39. The van der Waals surface area contributed by atoms with Gasteiger partial charge in [-0.25, -0.2) is 0 Å². The van der Waals surface area contributed by atoms with Gasteiger partial charge in [0.1, 0.15) is 0 Å². The van der Waals surface area contributed by atoms with Crippen LogP contribution in [-0.4, -0.2) is 42.9 Å². The van der Waals surface area contributed by atoms with Gasteiger partial charge in [-0.2, -0.15) is 0 Å². The van der Waals surface area contributed by atoms with Crippen LogP contribution < -0.4 is 11.1 Å². The van der Waals surface area contributed by atoms with Crippen LogP contribution in [0.25, 0.3) is 0 Å². The molecule has 3 N–H and O–H groups in total. The Balaban J connectivity index is 1.77. The van der Waals surface area contributed by atoms with Gasteiger partial charge in [0.2, 0.25) is 11.8 Å². The molecule has 102 valence electrons. The van der Waals surface area contributed by atoms with Gasteiger partial charge in [-0.05, 0) is 31.6 Å². The normalized spacial score (nSPS) is 23.8. The number of carbonyl (C=O) groups is 2. The van der Waals surface area contributed by atoms with Crippen molar-refractivity contribution < 1.29 is 9.59 Å². The van der Waals surface area contributed by atoms with Crippen LogP contribution in [0.1, 0.15) is 32.1 Å². The summed E-state index contributed by atoms with van der Waals surface area (Å²) in [7, 11) is 0. The zero-order valence-corrected chi connectivity index (χ0v) is 10.9. The molecule has 1 heterocycles. The molecule has 1 atom stereocenters. The molecule has 0 aromatic rings. The monoisotopic (exact) mass is 253 g/mol. The lowest BCUT2D eigenvalue weighted by Crippen LogP contribution is -2.46. The molecule has 0 spiro atoms. The van der Waals surface area contributed by atoms with E-state index in [-0.39, 0.29) is 17.7 Å². The van der Waals surface area contributed by atoms with Crippen molar-refractivity contribution in [1.82, 2.24) is 10.2 Å². The maximum absolute atomic E-state index is 12.0. The van der Waals surface area contributed by atoms with Crippen LogP contribution in [0.4, 0.5) is 0 Å². The lowest BCUT2D eigenvalue weighted by molar-refractivity contribution is -0.135. The molecule has 1 aliphatic carbocycles. The fraction of sp³-hybridized carbons (Fsp3) is 0.846. The van der Waals surface area contributed by atoms with Gasteiger partial charge in [-0.15, -0.1) is 0 Å². The summed E-state index contributed by atoms with van der Waals surface area (Å²) in [5.74, 6) is 0.871. The van der Waals surface area contributed by atoms with Gasteiger partial charge >= 0.3 is 0 Å². The number of piperidine rings is 1. The molecule has 0 bridgehead atoms. The zero-order valence-electron chi connectivity index (χ0n) is 10.9. The molecule has 2 aliphatic rings. The van der Waals surface area contributed by atoms with Crippen LogP contribution in [-0.2, 0) is 9.59 Å². The lowest BCUT2D eigenvalue weighted by Gasteiger charge is -2.32. The molecule has 2 amide bonds. The molecule has 1 unspecified atom stereocenters. The fourth-order valence-electron chi connectivity index (χ4n) is 2.41. The molecule has 1 saturated carbocycles. The van der Waals surface area contributed by atoms with E-state index in [1.165, 1.54) is 12.8 Å². The van der Waals surface area contributed by atoms with Crippen molar-refractivity contribution in [3.05, 3.63) is 0 Å². The average Bonchev–Trinajstić information content (AvgIpc) is 3.20. The van der Waals surface area contributed by atoms with Crippen LogP contribution >= 0.6 is 0 Å². The van der Waals surface area contributed by atoms with E-state index in [1.807, 2.05) is 0 Å². The van der Waals surface area contributed by atoms with Crippen LogP contribution in [0.5, 0.6) is 0 Å². The van der Waals surface area contributed by atoms with E-state index in [9.17, 15) is 9.59 Å². The second-order valence-corrected chi connectivity index (χ2v) is 5.41. The summed E-state index contributed by atoms with van der Waals surface area (Å²) in [6.45, 7) is 2.53. The third kappa shape index (κ3) is 3.70. The van der Waals surface area contributed by atoms with Crippen molar-refractivity contribution in [3.8, 4) is 0 Å². The summed E-state index contributed by atoms with van der Waals surface area (Å²) >= 11 is 0. The molecule has 2 fully saturated rings. The molecule has 0 aromatic heterocycles. The molecule has 0 radical (unpaired) electrons. The minimum atomic E-state index is -0.0285. The molecule has 18 heavy (non-hydrogen) atoms. The number of carbonyl (C=O) groups excluding carboxylic acids is 2. The van der Waals surface area contributed by atoms with Gasteiger partial charge in [0.05, 0.1) is 5.92 Å². The van der Waals surface area contributed by atoms with E-state index >= 15 is 0 Å². The summed E-state index contributed by atoms with van der Waals surface area (Å²) in [6.07, 6.45) is 4.68. The molecule has 1 saturated heterocycles. The topological polar surface area (TPSA) is 75.4 Å². The first-order chi connectivity index (χ1) is 8.70. The number of nitrogens with two attached hydrogens (primary N) is 1. The minimum Gasteiger partial charge on any atom is -0.356 e. The van der Waals surface area contributed by atoms with E-state index in [2.05, 4.69) is 5.32 Å². The highest BCUT2D eigenvalue weighted by Gasteiger charge is 2.29. The maximum atomic E-state index is 12.0. The molecule has 5 heteroatoms. The Morgan fingerprint density at radius 2 is 2.06 bits per heavy atom. The fourth-order valence-corrected chi connectivity index (χ4v) is 2.41. The Bertz CT molecular complexity index is 315. The molecule has 5 nitrogen and oxygen atoms in total. The third-order valence-corrected chi connectivity index (χ3v) is 3.76. The largest absolute Gasteiger partial charge is 0.356 e. The lowest BCUT2D eigenvalue weighted by atomic mass is 9.97. The van der Waals surface area contributed by atoms with Crippen molar-refractivity contribution in [2.45, 2.75) is 32.1 Å². The average molecular weight is 253 g/mol. The van der Waals surface area contributed by atoms with E-state index in [4.69, 9.17) is 5.73 Å². The van der Waals surface area contributed by atoms with Crippen LogP contribution in [0, 0.1) is 11.8 Å². The number of amides is 2. The van der Waals surface area contributed by atoms with Crippen molar-refractivity contribution >= 4 is 11.8 Å². The summed E-state index contributed by atoms with van der Waals surface area (Å²) in [5, 5.41) is 3.00. The highest BCUT2D eigenvalue weighted by Crippen LogP contribution is 2.27. The maximum Gasteiger partial charge on any atom is 0.224 e. The van der Waals surface area contributed by atoms with Gasteiger partial charge in [0.15, 0.2) is 0 Å². The van der Waals surface area contributed by atoms with Gasteiger partial charge in [-0.1, -0.05) is 0 Å². The first-order valence-corrected chi connectivity index (χ1v) is 6.96. The second kappa shape index (κ2) is 6.18. The Kier molecular flexibility index (Phi) is 4.58. The van der Waals surface area contributed by atoms with E-state index in [0.717, 1.165) is 25.9 Å². The predicted molar refractivity (Wildman–Crippen MR) is 68.7 cm³/mol. The predicted octanol–water partition coefficient (Wildman–Crippen LogP) is 0.1000. The number of nitrogens with one attached hydrogen (secondary N) is 1. The Morgan fingerprint density at radius 1 is 1.28 bits per heavy atom. The number of hydrogen-bond donors (Lipinski definition) is 2. The molecule has 1 aliphatic heterocycles. The van der Waals surface area contributed by atoms with E-state index in [0.29, 0.717) is 25.4 Å². The Hall–Kier alpha value is -1.10. The SMILES string of the molecule is NCCC(=O)N1CCCC(C(=O)NCC2CC2)C1. The Morgan fingerprint density at radius 3 is 2.72 bits per heavy atom. The minimum absolute atomic E-state index is 0.0285. The number of hydrogen-bond acceptors (Lipinski definition) is 3. The number of likely N-dealkylation sites (tertiary alicyclic amines) is 1. The van der Waals surface area contributed by atoms with Crippen molar-refractivity contribution in [2.75, 3.05) is 26.2 Å². The number of nitrogens with zero attached hydrogens (tertiary/aromatic N) is 1. The van der Waals surface area contributed by atoms with E-state index < -0.39 is 0 Å². The summed E-state index contributed by atoms with van der Waals surface area (Å²) in [4.78, 5) is 25.5.